The predicted molar refractivity (Wildman–Crippen MR) is 89.7 cm³/mol. The Morgan fingerprint density at radius 1 is 1.43 bits per heavy atom. The first-order valence-electron chi connectivity index (χ1n) is 6.76. The van der Waals surface area contributed by atoms with Crippen molar-refractivity contribution in [3.05, 3.63) is 18.2 Å². The van der Waals surface area contributed by atoms with Crippen molar-refractivity contribution in [2.45, 2.75) is 20.8 Å². The van der Waals surface area contributed by atoms with Crippen LogP contribution in [0.25, 0.3) is 0 Å². The average Bonchev–Trinajstić information content (AvgIpc) is 2.47. The molecule has 0 aliphatic carbocycles. The van der Waals surface area contributed by atoms with Crippen molar-refractivity contribution in [1.29, 1.82) is 10.7 Å². The van der Waals surface area contributed by atoms with Crippen LogP contribution in [-0.4, -0.2) is 24.6 Å². The molecule has 1 aromatic rings. The van der Waals surface area contributed by atoms with Crippen LogP contribution < -0.4 is 21.2 Å². The van der Waals surface area contributed by atoms with Crippen LogP contribution in [0, 0.1) is 22.2 Å². The number of benzene rings is 1. The maximum Gasteiger partial charge on any atom is 0.229 e. The van der Waals surface area contributed by atoms with Crippen molar-refractivity contribution in [1.82, 2.24) is 0 Å². The van der Waals surface area contributed by atoms with E-state index in [1.54, 1.807) is 24.3 Å². The molecule has 0 atom stereocenters. The molecule has 0 fully saturated rings. The lowest BCUT2D eigenvalue weighted by Gasteiger charge is -2.19. The normalized spacial score (nSPS) is 11.3. The van der Waals surface area contributed by atoms with Crippen molar-refractivity contribution in [3.8, 4) is 11.8 Å². The number of methoxy groups -OCH3 is 1. The Kier molecular flexibility index (Phi) is 5.68. The summed E-state index contributed by atoms with van der Waals surface area (Å²) in [6.45, 7) is 5.43. The van der Waals surface area contributed by atoms with Crippen LogP contribution in [0.3, 0.4) is 0 Å². The van der Waals surface area contributed by atoms with Gasteiger partial charge in [0.15, 0.2) is 5.84 Å². The molecular weight excluding hydrogens is 296 g/mol. The highest BCUT2D eigenvalue weighted by atomic mass is 16.5. The van der Waals surface area contributed by atoms with E-state index in [2.05, 4.69) is 15.8 Å². The smallest absolute Gasteiger partial charge is 0.229 e. The van der Waals surface area contributed by atoms with Gasteiger partial charge in [0.1, 0.15) is 11.8 Å². The predicted octanol–water partition coefficient (Wildman–Crippen LogP) is 1.91. The van der Waals surface area contributed by atoms with Gasteiger partial charge < -0.3 is 15.8 Å². The fraction of sp³-hybridized carbons (Fsp3) is 0.333. The number of carbonyl (C=O) groups is 1. The van der Waals surface area contributed by atoms with Crippen molar-refractivity contribution >= 4 is 28.8 Å². The zero-order chi connectivity index (χ0) is 17.6. The molecule has 8 heteroatoms. The molecule has 0 aliphatic rings. The first-order chi connectivity index (χ1) is 10.7. The molecule has 1 rings (SSSR count). The molecule has 0 saturated carbocycles. The van der Waals surface area contributed by atoms with E-state index < -0.39 is 11.3 Å². The van der Waals surface area contributed by atoms with E-state index in [1.807, 2.05) is 20.8 Å². The number of nitrogens with two attached hydrogens (primary N) is 1. The summed E-state index contributed by atoms with van der Waals surface area (Å²) in [5.74, 6) is -0.136. The molecule has 0 unspecified atom stereocenters. The summed E-state index contributed by atoms with van der Waals surface area (Å²) in [4.78, 5) is 12.0. The second-order valence-corrected chi connectivity index (χ2v) is 5.72. The van der Waals surface area contributed by atoms with Crippen LogP contribution in [0.5, 0.6) is 5.75 Å². The molecule has 0 bridgehead atoms. The van der Waals surface area contributed by atoms with Crippen LogP contribution >= 0.6 is 0 Å². The number of hydrazone groups is 1. The fourth-order valence-electron chi connectivity index (χ4n) is 1.44. The second kappa shape index (κ2) is 7.26. The number of hydrogen-bond acceptors (Lipinski definition) is 6. The highest BCUT2D eigenvalue weighted by molar-refractivity contribution is 6.45. The van der Waals surface area contributed by atoms with Crippen LogP contribution in [0.2, 0.25) is 0 Å². The monoisotopic (exact) mass is 316 g/mol. The van der Waals surface area contributed by atoms with Gasteiger partial charge in [0, 0.05) is 11.5 Å². The van der Waals surface area contributed by atoms with Crippen molar-refractivity contribution in [3.63, 3.8) is 0 Å². The molecule has 8 nitrogen and oxygen atoms in total. The van der Waals surface area contributed by atoms with Crippen molar-refractivity contribution < 1.29 is 9.53 Å². The third kappa shape index (κ3) is 5.00. The third-order valence-corrected chi connectivity index (χ3v) is 2.79. The minimum atomic E-state index is -0.532. The highest BCUT2D eigenvalue weighted by Gasteiger charge is 2.22. The number of anilines is 2. The third-order valence-electron chi connectivity index (χ3n) is 2.79. The van der Waals surface area contributed by atoms with Gasteiger partial charge in [0.2, 0.25) is 11.6 Å². The van der Waals surface area contributed by atoms with E-state index in [1.165, 1.54) is 7.11 Å². The van der Waals surface area contributed by atoms with Gasteiger partial charge in [0.25, 0.3) is 0 Å². The summed E-state index contributed by atoms with van der Waals surface area (Å²) in [5.41, 5.74) is 8.10. The number of nitrogens with one attached hydrogen (secondary N) is 3. The van der Waals surface area contributed by atoms with Crippen molar-refractivity contribution in [2.24, 2.45) is 16.3 Å². The van der Waals surface area contributed by atoms with Gasteiger partial charge in [-0.05, 0) is 12.1 Å². The average molecular weight is 316 g/mol. The zero-order valence-electron chi connectivity index (χ0n) is 13.5. The van der Waals surface area contributed by atoms with Gasteiger partial charge in [-0.2, -0.15) is 10.4 Å². The molecule has 0 heterocycles. The van der Waals surface area contributed by atoms with E-state index in [9.17, 15) is 4.79 Å². The van der Waals surface area contributed by atoms with E-state index in [0.29, 0.717) is 17.1 Å². The molecule has 1 amide bonds. The summed E-state index contributed by atoms with van der Waals surface area (Å²) >= 11 is 0. The Hall–Kier alpha value is -3.08. The summed E-state index contributed by atoms with van der Waals surface area (Å²) in [7, 11) is 1.48. The first kappa shape index (κ1) is 18.0. The molecule has 5 N–H and O–H groups in total. The number of nitriles is 1. The Labute approximate surface area is 134 Å². The summed E-state index contributed by atoms with van der Waals surface area (Å²) in [6.07, 6.45) is 0. The highest BCUT2D eigenvalue weighted by Crippen LogP contribution is 2.29. The SMILES string of the molecule is COc1cc(N/N=C(\C#N)C(=N)N)ccc1NC(=O)C(C)(C)C. The van der Waals surface area contributed by atoms with Crippen LogP contribution in [-0.2, 0) is 4.79 Å². The van der Waals surface area contributed by atoms with Gasteiger partial charge in [-0.25, -0.2) is 0 Å². The molecule has 0 aliphatic heterocycles. The van der Waals surface area contributed by atoms with Crippen LogP contribution in [0.15, 0.2) is 23.3 Å². The lowest BCUT2D eigenvalue weighted by molar-refractivity contribution is -0.123. The molecule has 0 saturated heterocycles. The largest absolute Gasteiger partial charge is 0.494 e. The summed E-state index contributed by atoms with van der Waals surface area (Å²) < 4.78 is 5.25. The topological polar surface area (TPSA) is 136 Å². The Balaban J connectivity index is 2.99. The number of amidine groups is 1. The van der Waals surface area contributed by atoms with Gasteiger partial charge in [-0.15, -0.1) is 0 Å². The maximum atomic E-state index is 12.0. The quantitative estimate of drug-likeness (QED) is 0.373. The first-order valence-corrected chi connectivity index (χ1v) is 6.76. The Morgan fingerprint density at radius 2 is 2.09 bits per heavy atom. The molecule has 23 heavy (non-hydrogen) atoms. The van der Waals surface area contributed by atoms with E-state index >= 15 is 0 Å². The van der Waals surface area contributed by atoms with Crippen molar-refractivity contribution in [2.75, 3.05) is 17.9 Å². The molecule has 0 spiro atoms. The van der Waals surface area contributed by atoms with Crippen LogP contribution in [0.4, 0.5) is 11.4 Å². The minimum Gasteiger partial charge on any atom is -0.494 e. The van der Waals surface area contributed by atoms with Crippen LogP contribution in [0.1, 0.15) is 20.8 Å². The summed E-state index contributed by atoms with van der Waals surface area (Å²) in [5, 5.41) is 22.5. The fourth-order valence-corrected chi connectivity index (χ4v) is 1.44. The van der Waals surface area contributed by atoms with E-state index in [4.69, 9.17) is 21.1 Å². The number of amides is 1. The zero-order valence-corrected chi connectivity index (χ0v) is 13.5. The lowest BCUT2D eigenvalue weighted by atomic mass is 9.95. The number of carbonyl (C=O) groups excluding carboxylic acids is 1. The number of hydrogen-bond donors (Lipinski definition) is 4. The Morgan fingerprint density at radius 3 is 2.57 bits per heavy atom. The van der Waals surface area contributed by atoms with E-state index in [0.717, 1.165) is 0 Å². The second-order valence-electron chi connectivity index (χ2n) is 5.72. The van der Waals surface area contributed by atoms with Gasteiger partial charge in [-0.1, -0.05) is 20.8 Å². The standard InChI is InChI=1S/C15H20N6O2/c1-15(2,3)14(22)19-10-6-5-9(7-12(10)23-4)20-21-11(8-16)13(17)18/h5-7,20H,1-4H3,(H3,17,18)(H,19,22)/b21-11+. The van der Waals surface area contributed by atoms with E-state index in [-0.39, 0.29) is 11.6 Å². The lowest BCUT2D eigenvalue weighted by Crippen LogP contribution is -2.27. The number of ether oxygens (including phenoxy) is 1. The van der Waals surface area contributed by atoms with Gasteiger partial charge >= 0.3 is 0 Å². The molecule has 1 aromatic carbocycles. The molecule has 122 valence electrons. The minimum absolute atomic E-state index is 0.141. The molecule has 0 aromatic heterocycles. The van der Waals surface area contributed by atoms with Gasteiger partial charge in [0.05, 0.1) is 18.5 Å². The van der Waals surface area contributed by atoms with Gasteiger partial charge in [-0.3, -0.25) is 15.6 Å². The molecular formula is C15H20N6O2. The Bertz CT molecular complexity index is 682. The number of nitrogens with zero attached hydrogens (tertiary/aromatic N) is 2. The summed E-state index contributed by atoms with van der Waals surface area (Å²) in [6, 6.07) is 6.62. The number of rotatable bonds is 5. The molecule has 0 radical (unpaired) electrons. The maximum absolute atomic E-state index is 12.0.